The van der Waals surface area contributed by atoms with Crippen LogP contribution in [0.3, 0.4) is 0 Å². The first-order valence-corrected chi connectivity index (χ1v) is 11.0. The van der Waals surface area contributed by atoms with Crippen LogP contribution in [0.15, 0.2) is 11.8 Å². The number of nitrogens with one attached hydrogen (secondary N) is 1. The van der Waals surface area contributed by atoms with Crippen molar-refractivity contribution in [1.82, 2.24) is 10.2 Å². The highest BCUT2D eigenvalue weighted by Gasteiger charge is 2.63. The molecule has 28 heavy (non-hydrogen) atoms. The van der Waals surface area contributed by atoms with Crippen molar-refractivity contribution < 1.29 is 14.7 Å². The van der Waals surface area contributed by atoms with E-state index in [0.717, 1.165) is 31.4 Å². The molecule has 5 nitrogen and oxygen atoms in total. The van der Waals surface area contributed by atoms with E-state index < -0.39 is 6.10 Å². The summed E-state index contributed by atoms with van der Waals surface area (Å²) in [5, 5.41) is 14.5. The van der Waals surface area contributed by atoms with E-state index in [9.17, 15) is 14.7 Å². The number of likely N-dealkylation sites (tertiary alicyclic amines) is 1. The molecule has 156 valence electrons. The number of carbonyl (C=O) groups is 2. The third-order valence-electron chi connectivity index (χ3n) is 8.70. The molecule has 1 heterocycles. The molecule has 4 rings (SSSR count). The normalized spacial score (nSPS) is 45.2. The van der Waals surface area contributed by atoms with Crippen molar-refractivity contribution in [3.05, 3.63) is 11.8 Å². The standard InChI is InChI=1S/C23H36N2O3/c1-13(2)24-21(28)16-8-7-15-14-6-9-18-22(3,11-10-19(27)25(18)5)20(14)17(26)12-23(15,16)4/h9,13-17,20,26H,6-8,10-12H2,1-5H3,(H,24,28)/t14?,15?,16-,17+,20?,22+,23+/m1/s1. The van der Waals surface area contributed by atoms with Gasteiger partial charge >= 0.3 is 0 Å². The van der Waals surface area contributed by atoms with Crippen molar-refractivity contribution in [3.8, 4) is 0 Å². The lowest BCUT2D eigenvalue weighted by atomic mass is 9.48. The molecule has 0 aromatic heterocycles. The average molecular weight is 389 g/mol. The van der Waals surface area contributed by atoms with Gasteiger partial charge in [0.1, 0.15) is 0 Å². The smallest absolute Gasteiger partial charge is 0.226 e. The second kappa shape index (κ2) is 6.58. The van der Waals surface area contributed by atoms with Gasteiger partial charge in [0.05, 0.1) is 6.10 Å². The quantitative estimate of drug-likeness (QED) is 0.764. The fourth-order valence-corrected chi connectivity index (χ4v) is 7.53. The van der Waals surface area contributed by atoms with Crippen LogP contribution in [-0.4, -0.2) is 41.0 Å². The monoisotopic (exact) mass is 388 g/mol. The first kappa shape index (κ1) is 19.9. The summed E-state index contributed by atoms with van der Waals surface area (Å²) in [5.41, 5.74) is 0.821. The van der Waals surface area contributed by atoms with Crippen LogP contribution in [0.5, 0.6) is 0 Å². The fourth-order valence-electron chi connectivity index (χ4n) is 7.53. The molecule has 7 atom stereocenters. The summed E-state index contributed by atoms with van der Waals surface area (Å²) in [6.07, 6.45) is 6.80. The van der Waals surface area contributed by atoms with Crippen LogP contribution >= 0.6 is 0 Å². The summed E-state index contributed by atoms with van der Waals surface area (Å²) in [7, 11) is 1.88. The molecule has 3 aliphatic carbocycles. The SMILES string of the molecule is CC(C)NC(=O)[C@H]1CCC2C3CC=C4N(C)C(=O)CC[C@]4(C)C3[C@@H](O)C[C@@]21C. The zero-order chi connectivity index (χ0) is 20.4. The summed E-state index contributed by atoms with van der Waals surface area (Å²) in [4.78, 5) is 27.0. The van der Waals surface area contributed by atoms with Crippen molar-refractivity contribution >= 4 is 11.8 Å². The van der Waals surface area contributed by atoms with Crippen LogP contribution in [0.1, 0.15) is 66.2 Å². The van der Waals surface area contributed by atoms with Crippen LogP contribution in [0.25, 0.3) is 0 Å². The lowest BCUT2D eigenvalue weighted by molar-refractivity contribution is -0.152. The van der Waals surface area contributed by atoms with E-state index in [-0.39, 0.29) is 40.5 Å². The number of hydrogen-bond acceptors (Lipinski definition) is 3. The van der Waals surface area contributed by atoms with Crippen LogP contribution in [0.4, 0.5) is 0 Å². The Kier molecular flexibility index (Phi) is 4.68. The number of amides is 2. The summed E-state index contributed by atoms with van der Waals surface area (Å²) < 4.78 is 0. The van der Waals surface area contributed by atoms with Gasteiger partial charge in [-0.15, -0.1) is 0 Å². The van der Waals surface area contributed by atoms with E-state index in [2.05, 4.69) is 25.2 Å². The first-order valence-electron chi connectivity index (χ1n) is 11.0. The van der Waals surface area contributed by atoms with Crippen LogP contribution in [-0.2, 0) is 9.59 Å². The Bertz CT molecular complexity index is 717. The zero-order valence-electron chi connectivity index (χ0n) is 18.0. The van der Waals surface area contributed by atoms with E-state index in [1.54, 1.807) is 0 Å². The third kappa shape index (κ3) is 2.68. The molecule has 0 aromatic carbocycles. The van der Waals surface area contributed by atoms with Gasteiger partial charge in [-0.1, -0.05) is 19.9 Å². The molecule has 3 fully saturated rings. The highest BCUT2D eigenvalue weighted by molar-refractivity contribution is 5.80. The van der Waals surface area contributed by atoms with Gasteiger partial charge in [-0.25, -0.2) is 0 Å². The van der Waals surface area contributed by atoms with Gasteiger partial charge in [-0.3, -0.25) is 9.59 Å². The van der Waals surface area contributed by atoms with Crippen molar-refractivity contribution in [2.24, 2.45) is 34.5 Å². The van der Waals surface area contributed by atoms with E-state index in [1.165, 1.54) is 0 Å². The Morgan fingerprint density at radius 2 is 2.04 bits per heavy atom. The molecule has 0 bridgehead atoms. The lowest BCUT2D eigenvalue weighted by Gasteiger charge is -2.59. The number of allylic oxidation sites excluding steroid dienone is 2. The molecule has 2 N–H and O–H groups in total. The maximum atomic E-state index is 12.9. The summed E-state index contributed by atoms with van der Waals surface area (Å²) in [6.45, 7) is 8.51. The second-order valence-corrected chi connectivity index (χ2v) is 10.6. The molecule has 3 unspecified atom stereocenters. The highest BCUT2D eigenvalue weighted by atomic mass is 16.3. The number of piperidine rings is 1. The van der Waals surface area contributed by atoms with Crippen molar-refractivity contribution in [3.63, 3.8) is 0 Å². The topological polar surface area (TPSA) is 69.6 Å². The number of rotatable bonds is 2. The number of carbonyl (C=O) groups excluding carboxylic acids is 2. The maximum absolute atomic E-state index is 12.9. The van der Waals surface area contributed by atoms with Gasteiger partial charge in [0, 0.05) is 36.5 Å². The molecule has 0 radical (unpaired) electrons. The molecule has 4 aliphatic rings. The largest absolute Gasteiger partial charge is 0.393 e. The number of nitrogens with zero attached hydrogens (tertiary/aromatic N) is 1. The summed E-state index contributed by atoms with van der Waals surface area (Å²) >= 11 is 0. The molecular formula is C23H36N2O3. The van der Waals surface area contributed by atoms with Gasteiger partial charge in [0.2, 0.25) is 11.8 Å². The van der Waals surface area contributed by atoms with Crippen LogP contribution < -0.4 is 5.32 Å². The third-order valence-corrected chi connectivity index (χ3v) is 8.70. The Hall–Kier alpha value is -1.36. The number of hydrogen-bond donors (Lipinski definition) is 2. The zero-order valence-corrected chi connectivity index (χ0v) is 18.0. The Labute approximate surface area is 168 Å². The molecular weight excluding hydrogens is 352 g/mol. The van der Waals surface area contributed by atoms with E-state index >= 15 is 0 Å². The minimum absolute atomic E-state index is 0.00992. The molecule has 1 saturated heterocycles. The molecule has 0 aromatic rings. The number of fused-ring (bicyclic) bond motifs is 5. The maximum Gasteiger partial charge on any atom is 0.226 e. The van der Waals surface area contributed by atoms with Gasteiger partial charge in [-0.2, -0.15) is 0 Å². The fraction of sp³-hybridized carbons (Fsp3) is 0.826. The highest BCUT2D eigenvalue weighted by Crippen LogP contribution is 2.65. The first-order chi connectivity index (χ1) is 13.1. The van der Waals surface area contributed by atoms with Gasteiger partial charge in [0.25, 0.3) is 0 Å². The van der Waals surface area contributed by atoms with E-state index in [1.807, 2.05) is 25.8 Å². The molecule has 0 spiro atoms. The van der Waals surface area contributed by atoms with Gasteiger partial charge in [0.15, 0.2) is 0 Å². The predicted octanol–water partition coefficient (Wildman–Crippen LogP) is 3.09. The number of aliphatic hydroxyl groups is 1. The van der Waals surface area contributed by atoms with E-state index in [4.69, 9.17) is 0 Å². The van der Waals surface area contributed by atoms with Gasteiger partial charge in [-0.05, 0) is 69.1 Å². The van der Waals surface area contributed by atoms with Crippen LogP contribution in [0.2, 0.25) is 0 Å². The van der Waals surface area contributed by atoms with Crippen LogP contribution in [0, 0.1) is 34.5 Å². The van der Waals surface area contributed by atoms with Crippen molar-refractivity contribution in [2.75, 3.05) is 7.05 Å². The van der Waals surface area contributed by atoms with Crippen molar-refractivity contribution in [1.29, 1.82) is 0 Å². The molecule has 2 saturated carbocycles. The molecule has 5 heteroatoms. The minimum Gasteiger partial charge on any atom is -0.393 e. The van der Waals surface area contributed by atoms with Crippen molar-refractivity contribution in [2.45, 2.75) is 78.4 Å². The Morgan fingerprint density at radius 3 is 2.71 bits per heavy atom. The Morgan fingerprint density at radius 1 is 1.32 bits per heavy atom. The second-order valence-electron chi connectivity index (χ2n) is 10.6. The molecule has 2 amide bonds. The average Bonchev–Trinajstić information content (AvgIpc) is 2.94. The summed E-state index contributed by atoms with van der Waals surface area (Å²) in [5.74, 6) is 1.36. The molecule has 1 aliphatic heterocycles. The summed E-state index contributed by atoms with van der Waals surface area (Å²) in [6, 6.07) is 0.144. The van der Waals surface area contributed by atoms with Gasteiger partial charge < -0.3 is 15.3 Å². The minimum atomic E-state index is -0.422. The predicted molar refractivity (Wildman–Crippen MR) is 108 cm³/mol. The van der Waals surface area contributed by atoms with E-state index in [0.29, 0.717) is 24.7 Å². The lowest BCUT2D eigenvalue weighted by Crippen LogP contribution is -2.59. The number of aliphatic hydroxyl groups excluding tert-OH is 1. The Balaban J connectivity index is 1.67.